The van der Waals surface area contributed by atoms with Gasteiger partial charge in [-0.1, -0.05) is 0 Å². The third-order valence-corrected chi connectivity index (χ3v) is 3.11. The molecular weight excluding hydrogens is 192 g/mol. The number of anilines is 1. The van der Waals surface area contributed by atoms with Crippen LogP contribution in [0.5, 0.6) is 0 Å². The van der Waals surface area contributed by atoms with Gasteiger partial charge in [0.15, 0.2) is 6.29 Å². The Labute approximate surface area is 87.9 Å². The summed E-state index contributed by atoms with van der Waals surface area (Å²) in [5, 5.41) is 0. The molecule has 78 valence electrons. The summed E-state index contributed by atoms with van der Waals surface area (Å²) in [5.41, 5.74) is 1.03. The Balaban J connectivity index is 1.80. The van der Waals surface area contributed by atoms with E-state index in [9.17, 15) is 4.79 Å². The van der Waals surface area contributed by atoms with Crippen molar-refractivity contribution in [2.45, 2.75) is 0 Å². The second-order valence-corrected chi connectivity index (χ2v) is 4.38. The minimum absolute atomic E-state index is 0.359. The number of rotatable bonds is 2. The maximum absolute atomic E-state index is 10.8. The molecule has 0 aliphatic carbocycles. The molecule has 4 nitrogen and oxygen atoms in total. The normalized spacial score (nSPS) is 22.0. The minimum Gasteiger partial charge on any atom is -0.380 e. The van der Waals surface area contributed by atoms with Crippen molar-refractivity contribution in [1.82, 2.24) is 4.98 Å². The molecule has 2 fully saturated rings. The molecule has 1 spiro atoms. The zero-order valence-electron chi connectivity index (χ0n) is 8.35. The van der Waals surface area contributed by atoms with E-state index < -0.39 is 0 Å². The fraction of sp³-hybridized carbons (Fsp3) is 0.455. The standard InChI is InChI=1S/C11H12N2O2/c14-4-9-2-1-3-12-10(9)13-5-11(6-13)7-15-8-11/h1-4H,5-8H2. The molecule has 2 aliphatic rings. The molecular formula is C11H12N2O2. The predicted molar refractivity (Wildman–Crippen MR) is 55.1 cm³/mol. The van der Waals surface area contributed by atoms with Crippen molar-refractivity contribution in [2.75, 3.05) is 31.2 Å². The van der Waals surface area contributed by atoms with Crippen molar-refractivity contribution in [3.05, 3.63) is 23.9 Å². The first kappa shape index (κ1) is 8.85. The Kier molecular flexibility index (Phi) is 1.79. The Morgan fingerprint density at radius 1 is 1.47 bits per heavy atom. The summed E-state index contributed by atoms with van der Waals surface area (Å²) in [4.78, 5) is 17.2. The molecule has 3 rings (SSSR count). The number of hydrogen-bond donors (Lipinski definition) is 0. The van der Waals surface area contributed by atoms with E-state index in [4.69, 9.17) is 4.74 Å². The van der Waals surface area contributed by atoms with Crippen molar-refractivity contribution in [2.24, 2.45) is 5.41 Å². The Morgan fingerprint density at radius 3 is 2.87 bits per heavy atom. The molecule has 1 aromatic heterocycles. The van der Waals surface area contributed by atoms with E-state index in [1.165, 1.54) is 0 Å². The lowest BCUT2D eigenvalue weighted by atomic mass is 9.78. The van der Waals surface area contributed by atoms with Crippen molar-refractivity contribution < 1.29 is 9.53 Å². The van der Waals surface area contributed by atoms with Crippen LogP contribution in [0.4, 0.5) is 5.82 Å². The van der Waals surface area contributed by atoms with Gasteiger partial charge >= 0.3 is 0 Å². The van der Waals surface area contributed by atoms with Crippen LogP contribution < -0.4 is 4.90 Å². The SMILES string of the molecule is O=Cc1cccnc1N1CC2(COC2)C1. The van der Waals surface area contributed by atoms with Crippen LogP contribution in [0.25, 0.3) is 0 Å². The topological polar surface area (TPSA) is 42.4 Å². The van der Waals surface area contributed by atoms with Gasteiger partial charge in [0.05, 0.1) is 24.2 Å². The first-order valence-electron chi connectivity index (χ1n) is 5.06. The van der Waals surface area contributed by atoms with E-state index in [1.807, 2.05) is 0 Å². The lowest BCUT2D eigenvalue weighted by Gasteiger charge is -2.55. The van der Waals surface area contributed by atoms with Crippen molar-refractivity contribution in [3.8, 4) is 0 Å². The lowest BCUT2D eigenvalue weighted by molar-refractivity contribution is -0.127. The molecule has 0 unspecified atom stereocenters. The van der Waals surface area contributed by atoms with Crippen LogP contribution in [0, 0.1) is 5.41 Å². The van der Waals surface area contributed by atoms with E-state index in [2.05, 4.69) is 9.88 Å². The largest absolute Gasteiger partial charge is 0.380 e. The molecule has 4 heteroatoms. The molecule has 0 radical (unpaired) electrons. The molecule has 0 N–H and O–H groups in total. The third kappa shape index (κ3) is 1.25. The smallest absolute Gasteiger partial charge is 0.153 e. The number of aromatic nitrogens is 1. The van der Waals surface area contributed by atoms with Gasteiger partial charge in [0.25, 0.3) is 0 Å². The molecule has 0 saturated carbocycles. The highest BCUT2D eigenvalue weighted by molar-refractivity contribution is 5.83. The summed E-state index contributed by atoms with van der Waals surface area (Å²) in [6.45, 7) is 3.63. The van der Waals surface area contributed by atoms with Gasteiger partial charge in [0, 0.05) is 19.3 Å². The zero-order valence-corrected chi connectivity index (χ0v) is 8.35. The molecule has 2 aliphatic heterocycles. The number of ether oxygens (including phenoxy) is 1. The van der Waals surface area contributed by atoms with Gasteiger partial charge < -0.3 is 9.64 Å². The number of carbonyl (C=O) groups is 1. The van der Waals surface area contributed by atoms with Gasteiger partial charge in [-0.05, 0) is 12.1 Å². The van der Waals surface area contributed by atoms with Crippen LogP contribution in [0.15, 0.2) is 18.3 Å². The molecule has 0 aromatic carbocycles. The van der Waals surface area contributed by atoms with E-state index in [-0.39, 0.29) is 0 Å². The van der Waals surface area contributed by atoms with Crippen molar-refractivity contribution >= 4 is 12.1 Å². The first-order valence-corrected chi connectivity index (χ1v) is 5.06. The van der Waals surface area contributed by atoms with E-state index >= 15 is 0 Å². The minimum atomic E-state index is 0.359. The summed E-state index contributed by atoms with van der Waals surface area (Å²) in [6.07, 6.45) is 2.59. The third-order valence-electron chi connectivity index (χ3n) is 3.11. The number of hydrogen-bond acceptors (Lipinski definition) is 4. The highest BCUT2D eigenvalue weighted by Crippen LogP contribution is 2.40. The van der Waals surface area contributed by atoms with Crippen molar-refractivity contribution in [1.29, 1.82) is 0 Å². The number of aldehydes is 1. The van der Waals surface area contributed by atoms with Crippen LogP contribution in [0.1, 0.15) is 10.4 Å². The lowest BCUT2D eigenvalue weighted by Crippen LogP contribution is -2.66. The maximum atomic E-state index is 10.8. The van der Waals surface area contributed by atoms with Gasteiger partial charge in [-0.2, -0.15) is 0 Å². The summed E-state index contributed by atoms with van der Waals surface area (Å²) in [7, 11) is 0. The first-order chi connectivity index (χ1) is 7.33. The highest BCUT2D eigenvalue weighted by atomic mass is 16.5. The summed E-state index contributed by atoms with van der Waals surface area (Å²) in [6, 6.07) is 3.59. The van der Waals surface area contributed by atoms with Crippen LogP contribution in [-0.4, -0.2) is 37.6 Å². The Morgan fingerprint density at radius 2 is 2.27 bits per heavy atom. The maximum Gasteiger partial charge on any atom is 0.153 e. The van der Waals surface area contributed by atoms with Crippen LogP contribution in [-0.2, 0) is 4.74 Å². The molecule has 15 heavy (non-hydrogen) atoms. The monoisotopic (exact) mass is 204 g/mol. The van der Waals surface area contributed by atoms with Crippen LogP contribution in [0.2, 0.25) is 0 Å². The highest BCUT2D eigenvalue weighted by Gasteiger charge is 2.49. The molecule has 0 amide bonds. The quantitative estimate of drug-likeness (QED) is 0.666. The summed E-state index contributed by atoms with van der Waals surface area (Å²) >= 11 is 0. The number of pyridine rings is 1. The second kappa shape index (κ2) is 3.03. The Hall–Kier alpha value is -1.42. The molecule has 1 aromatic rings. The van der Waals surface area contributed by atoms with Crippen molar-refractivity contribution in [3.63, 3.8) is 0 Å². The summed E-state index contributed by atoms with van der Waals surface area (Å²) < 4.78 is 5.20. The van der Waals surface area contributed by atoms with Crippen LogP contribution >= 0.6 is 0 Å². The van der Waals surface area contributed by atoms with E-state index in [1.54, 1.807) is 18.3 Å². The average molecular weight is 204 g/mol. The fourth-order valence-electron chi connectivity index (χ4n) is 2.25. The number of nitrogens with zero attached hydrogens (tertiary/aromatic N) is 2. The predicted octanol–water partition coefficient (Wildman–Crippen LogP) is 0.731. The second-order valence-electron chi connectivity index (χ2n) is 4.38. The molecule has 0 atom stereocenters. The molecule has 2 saturated heterocycles. The van der Waals surface area contributed by atoms with Gasteiger partial charge in [-0.3, -0.25) is 4.79 Å². The molecule has 3 heterocycles. The average Bonchev–Trinajstić information content (AvgIpc) is 2.14. The van der Waals surface area contributed by atoms with Gasteiger partial charge in [0.1, 0.15) is 5.82 Å². The van der Waals surface area contributed by atoms with Crippen LogP contribution in [0.3, 0.4) is 0 Å². The van der Waals surface area contributed by atoms with E-state index in [0.717, 1.165) is 38.4 Å². The van der Waals surface area contributed by atoms with Gasteiger partial charge in [-0.15, -0.1) is 0 Å². The molecule has 0 bridgehead atoms. The van der Waals surface area contributed by atoms with E-state index in [0.29, 0.717) is 11.0 Å². The number of carbonyl (C=O) groups excluding carboxylic acids is 1. The Bertz CT molecular complexity index is 393. The zero-order chi connectivity index (χ0) is 10.3. The van der Waals surface area contributed by atoms with Gasteiger partial charge in [0.2, 0.25) is 0 Å². The fourth-order valence-corrected chi connectivity index (χ4v) is 2.25. The van der Waals surface area contributed by atoms with Gasteiger partial charge in [-0.25, -0.2) is 4.98 Å². The summed E-state index contributed by atoms with van der Waals surface area (Å²) in [5.74, 6) is 0.810.